The number of hydrogen-bond acceptors (Lipinski definition) is 15. The molecule has 12 aromatic rings. The molecule has 0 atom stereocenters. The van der Waals surface area contributed by atoms with E-state index in [1.807, 2.05) is 112 Å². The van der Waals surface area contributed by atoms with Crippen molar-refractivity contribution in [2.24, 2.45) is 17.8 Å². The Morgan fingerprint density at radius 3 is 1.49 bits per heavy atom. The molecule has 19 rings (SSSR count). The minimum atomic E-state index is -0.129. The van der Waals surface area contributed by atoms with E-state index in [-0.39, 0.29) is 119 Å². The summed E-state index contributed by atoms with van der Waals surface area (Å²) in [6, 6.07) is 42.5. The van der Waals surface area contributed by atoms with Gasteiger partial charge in [-0.15, -0.1) is 0 Å². The molecular weight excluding hydrogens is 1960 g/mol. The summed E-state index contributed by atoms with van der Waals surface area (Å²) in [6.07, 6.45) is 14.2. The molecule has 760 valence electrons. The van der Waals surface area contributed by atoms with Crippen LogP contribution in [-0.2, 0) is 96.9 Å². The third-order valence-corrected chi connectivity index (χ3v) is 30.1. The number of piperazine rings is 1. The van der Waals surface area contributed by atoms with Gasteiger partial charge in [0.25, 0.3) is 29.1 Å². The van der Waals surface area contributed by atoms with Gasteiger partial charge < -0.3 is 73.3 Å². The molecule has 5 aromatic heterocycles. The first-order chi connectivity index (χ1) is 69.1. The number of aryl methyl sites for hydroxylation is 5. The lowest BCUT2D eigenvalue weighted by molar-refractivity contribution is -0.379. The molecule has 0 aliphatic carbocycles. The van der Waals surface area contributed by atoms with Crippen molar-refractivity contribution >= 4 is 165 Å². The van der Waals surface area contributed by atoms with Crippen LogP contribution in [0.3, 0.4) is 0 Å². The summed E-state index contributed by atoms with van der Waals surface area (Å²) in [5, 5.41) is 8.17. The molecule has 0 spiro atoms. The van der Waals surface area contributed by atoms with Crippen molar-refractivity contribution in [1.29, 1.82) is 0 Å². The van der Waals surface area contributed by atoms with Gasteiger partial charge in [-0.25, -0.2) is 4.98 Å². The highest BCUT2D eigenvalue weighted by Crippen LogP contribution is 2.41. The van der Waals surface area contributed by atoms with E-state index in [0.29, 0.717) is 179 Å². The van der Waals surface area contributed by atoms with Gasteiger partial charge in [-0.3, -0.25) is 52.7 Å². The van der Waals surface area contributed by atoms with Gasteiger partial charge in [0.2, 0.25) is 29.5 Å². The first-order valence-electron chi connectivity index (χ1n) is 48.7. The number of carbonyl (C=O) groups excluding carboxylic acids is 11. The summed E-state index contributed by atoms with van der Waals surface area (Å²) in [5.41, 5.74) is 20.2. The van der Waals surface area contributed by atoms with E-state index in [1.54, 1.807) is 89.5 Å². The second-order valence-corrected chi connectivity index (χ2v) is 40.4. The van der Waals surface area contributed by atoms with E-state index in [9.17, 15) is 62.6 Å². The molecule has 146 heavy (non-hydrogen) atoms. The number of anilines is 1. The number of likely N-dealkylation sites (tertiary alicyclic amines) is 4. The number of hydrogen-bond donors (Lipinski definition) is 2. The van der Waals surface area contributed by atoms with Crippen LogP contribution in [-0.4, -0.2) is 243 Å². The fourth-order valence-electron chi connectivity index (χ4n) is 21.1. The first kappa shape index (κ1) is 107. The smallest absolute Gasteiger partial charge is 0.256 e. The van der Waals surface area contributed by atoms with E-state index >= 15 is 0 Å². The Hall–Kier alpha value is -14.4. The number of amides is 8. The molecule has 0 unspecified atom stereocenters. The van der Waals surface area contributed by atoms with Crippen molar-refractivity contribution in [3.05, 3.63) is 305 Å². The van der Waals surface area contributed by atoms with E-state index in [0.717, 1.165) is 107 Å². The molecule has 34 heteroatoms. The largest absolute Gasteiger partial charge is 0.412 e. The number of carbonyl (C=O) groups is 11. The number of likely N-dealkylation sites (N-methyl/N-ethyl adjacent to an activating group) is 1. The Morgan fingerprint density at radius 1 is 0.466 bits per heavy atom. The number of ketones is 3. The number of nitrogens with zero attached hydrogens (tertiary/aromatic N) is 14. The lowest BCUT2D eigenvalue weighted by atomic mass is 9.94. The average molecular weight is 2080 g/mol. The molecule has 31 nitrogen and oxygen atoms in total. The van der Waals surface area contributed by atoms with Gasteiger partial charge in [-0.05, 0) is 195 Å². The topological polar surface area (TPSA) is 375 Å². The summed E-state index contributed by atoms with van der Waals surface area (Å²) in [6.45, 7) is 38.1. The van der Waals surface area contributed by atoms with Gasteiger partial charge in [0.15, 0.2) is 17.3 Å². The van der Waals surface area contributed by atoms with Gasteiger partial charge in [-0.2, -0.15) is 0 Å². The molecule has 6 N–H and O–H groups in total. The number of halogens is 3. The van der Waals surface area contributed by atoms with Crippen molar-refractivity contribution in [3.63, 3.8) is 0 Å². The zero-order valence-electron chi connectivity index (χ0n) is 83.5. The Labute approximate surface area is 865 Å². The van der Waals surface area contributed by atoms with Crippen molar-refractivity contribution in [2.45, 2.75) is 132 Å². The summed E-state index contributed by atoms with van der Waals surface area (Å²) in [4.78, 5) is 184. The summed E-state index contributed by atoms with van der Waals surface area (Å²) >= 11 is 16.5. The Morgan fingerprint density at radius 2 is 0.973 bits per heavy atom. The number of nitrogens with one attached hydrogen (secondary N) is 2. The normalized spacial score (nSPS) is 15.0. The zero-order chi connectivity index (χ0) is 102. The minimum Gasteiger partial charge on any atom is -0.412 e. The van der Waals surface area contributed by atoms with Crippen molar-refractivity contribution < 1.29 is 74.0 Å². The summed E-state index contributed by atoms with van der Waals surface area (Å²) < 4.78 is 8.71. The number of pyridine rings is 1. The summed E-state index contributed by atoms with van der Waals surface area (Å²) in [5.74, 6) is 0.867. The quantitative estimate of drug-likeness (QED) is 0.0452. The van der Waals surface area contributed by atoms with Gasteiger partial charge in [-0.1, -0.05) is 127 Å². The van der Waals surface area contributed by atoms with E-state index in [4.69, 9.17) is 23.2 Å². The fraction of sp³-hybridized carbons (Fsp3) is 0.339. The number of benzene rings is 7. The van der Waals surface area contributed by atoms with E-state index < -0.39 is 0 Å². The predicted molar refractivity (Wildman–Crippen MR) is 569 cm³/mol. The molecule has 0 radical (unpaired) electrons. The van der Waals surface area contributed by atoms with Gasteiger partial charge >= 0.3 is 0 Å². The van der Waals surface area contributed by atoms with Crippen molar-refractivity contribution in [2.75, 3.05) is 104 Å². The van der Waals surface area contributed by atoms with Crippen LogP contribution in [0.5, 0.6) is 0 Å². The molecule has 7 aliphatic heterocycles. The molecule has 7 aliphatic rings. The standard InChI is InChI=1S/C30H35ClN6O3.C28H27BrN4O4.C28H28N4O4.C26H27ClN2O2.2H2O/c1-6-26(38)36-16-23(17-36)33(5)27(39)18-37-21(4)28(24-14-22(31)13-20(3)29(24)37)30(40)35-11-9-34(10-12-35)25-8-7-19(2)15-32-25;1-3-27(35)33-12-18(13-33)10-21(34)15-32-16-24(23-11-20(30-37)4-5-26(23)32)28(36)31-7-6-22-19(14-31)8-17(2)9-25(22)29;1-3-27(34)32-13-19(14-32)11-22(33)16-31-17-25(24-12-21(29-36)7-8-26(24)31)28(35)30-10-9-23-18(2)5-4-6-20(23)15-30;1-4-19-8-6-7-9-22(19)26-17(3)29(24-11-10-20(27)13-23(24)26)16-21(30)12-18-14-28(15-18)25(31)5-2;;/h6-8,13-15,23H,1,9-12,16-18H2,2-5H3;3-5,8-9,11,16,18H,1,6-7,10,12-15H2,2H3;3-8,12,17,19H,1,9-11,13-16H2,2H3;5-11,13,18H,2,4,12,14-16H2,1,3H3;2*1H2/p+2. The lowest BCUT2D eigenvalue weighted by Gasteiger charge is -2.43. The molecule has 5 fully saturated rings. The summed E-state index contributed by atoms with van der Waals surface area (Å²) in [7, 11) is 1.77. The first-order valence-corrected chi connectivity index (χ1v) is 50.3. The van der Waals surface area contributed by atoms with Gasteiger partial charge in [0.05, 0.1) is 47.9 Å². The van der Waals surface area contributed by atoms with E-state index in [1.165, 1.54) is 52.1 Å². The lowest BCUT2D eigenvalue weighted by Crippen LogP contribution is -2.61. The number of fused-ring (bicyclic) bond motifs is 6. The highest BCUT2D eigenvalue weighted by Gasteiger charge is 2.40. The monoisotopic (exact) mass is 2080 g/mol. The number of Topliss-reactive ketones (excluding diaryl/α,β-unsaturated/α-hetero) is 3. The Kier molecular flexibility index (Phi) is 34.0. The van der Waals surface area contributed by atoms with E-state index in [2.05, 4.69) is 126 Å². The van der Waals surface area contributed by atoms with Crippen LogP contribution in [0.15, 0.2) is 207 Å². The second-order valence-electron chi connectivity index (χ2n) is 38.7. The van der Waals surface area contributed by atoms with Crippen molar-refractivity contribution in [3.8, 4) is 11.1 Å². The van der Waals surface area contributed by atoms with Crippen LogP contribution in [0.4, 0.5) is 17.2 Å². The van der Waals surface area contributed by atoms with Crippen LogP contribution in [0.2, 0.25) is 10.0 Å². The SMILES string of the molecule is C=CC(=O)N1CC(CC(=O)Cn2c(C)c(-c3ccccc3CC)c3cc(Cl)ccc32)C1.C=CC(=O)N1CC(CC(=O)Cn2cc(C(=O)N3CCc4c(Br)cc(C)cc4C3)c3cc([NH+]=O)ccc32)C1.C=CC(=O)N1CC(CC(=O)Cn2cc(C(=O)N3CCc4c(C)cccc4C3)c3cc([NH+]=O)ccc32)C1.C=CC(=O)N1CC(N(C)C(=O)Cn2c(C)c(C(=O)N3CCN(c4ccc(C)cn4)CC3)c3cc(Cl)cc(C)c32)C1.O.O. The van der Waals surface area contributed by atoms with Gasteiger partial charge in [0.1, 0.15) is 12.4 Å². The Bertz CT molecular complexity index is 7210. The number of rotatable bonds is 27. The fourth-order valence-corrected chi connectivity index (χ4v) is 22.3. The molecule has 8 amide bonds. The van der Waals surface area contributed by atoms with Crippen LogP contribution >= 0.6 is 39.1 Å². The highest BCUT2D eigenvalue weighted by molar-refractivity contribution is 9.10. The maximum absolute atomic E-state index is 14.0. The molecule has 5 saturated heterocycles. The van der Waals surface area contributed by atoms with Crippen LogP contribution in [0.1, 0.15) is 119 Å². The molecular formula is C112H123BrCl2N16O15+2. The molecule has 7 aromatic carbocycles. The second kappa shape index (κ2) is 46.3. The minimum absolute atomic E-state index is 0. The maximum Gasteiger partial charge on any atom is 0.256 e. The van der Waals surface area contributed by atoms with Crippen molar-refractivity contribution in [1.82, 2.24) is 62.5 Å². The van der Waals surface area contributed by atoms with Crippen LogP contribution in [0, 0.1) is 69.1 Å². The average Bonchev–Trinajstić information content (AvgIpc) is 1.59. The molecule has 12 heterocycles. The Balaban J connectivity index is 0.000000154. The number of nitroso groups, excluding NO2 is 2. The third kappa shape index (κ3) is 22.9. The van der Waals surface area contributed by atoms with Crippen LogP contribution in [0.25, 0.3) is 54.7 Å². The highest BCUT2D eigenvalue weighted by atomic mass is 79.9. The molecule has 0 saturated carbocycles. The van der Waals surface area contributed by atoms with Crippen LogP contribution < -0.4 is 15.3 Å². The zero-order valence-corrected chi connectivity index (χ0v) is 86.6. The van der Waals surface area contributed by atoms with Gasteiger partial charge in [0, 0.05) is 281 Å². The molecule has 0 bridgehead atoms. The predicted octanol–water partition coefficient (Wildman–Crippen LogP) is 12.4. The maximum atomic E-state index is 14.0. The third-order valence-electron chi connectivity index (χ3n) is 29.0. The number of aromatic nitrogens is 5.